The van der Waals surface area contributed by atoms with Gasteiger partial charge in [-0.25, -0.2) is 0 Å². The Hall–Kier alpha value is -1.86. The Morgan fingerprint density at radius 1 is 1.32 bits per heavy atom. The van der Waals surface area contributed by atoms with Gasteiger partial charge < -0.3 is 4.74 Å². The van der Waals surface area contributed by atoms with Gasteiger partial charge in [-0.2, -0.15) is 0 Å². The van der Waals surface area contributed by atoms with Gasteiger partial charge in [-0.15, -0.1) is 10.2 Å². The lowest BCUT2D eigenvalue weighted by atomic mass is 10.2. The summed E-state index contributed by atoms with van der Waals surface area (Å²) in [5, 5.41) is 11.6. The summed E-state index contributed by atoms with van der Waals surface area (Å²) in [6.07, 6.45) is 3.21. The van der Waals surface area contributed by atoms with Gasteiger partial charge in [-0.05, 0) is 23.8 Å². The van der Waals surface area contributed by atoms with Crippen LogP contribution in [0.1, 0.15) is 19.4 Å². The normalized spacial score (nSPS) is 11.1. The molecule has 0 saturated carbocycles. The average Bonchev–Trinajstić information content (AvgIpc) is 2.92. The Labute approximate surface area is 137 Å². The molecular formula is C15H17N3O2S2. The molecule has 0 aliphatic carbocycles. The first kappa shape index (κ1) is 16.5. The second-order valence-electron chi connectivity index (χ2n) is 4.64. The van der Waals surface area contributed by atoms with Crippen molar-refractivity contribution in [1.29, 1.82) is 0 Å². The highest BCUT2D eigenvalue weighted by Crippen LogP contribution is 2.28. The van der Waals surface area contributed by atoms with Crippen molar-refractivity contribution in [2.75, 3.05) is 12.4 Å². The molecule has 1 heterocycles. The summed E-state index contributed by atoms with van der Waals surface area (Å²) in [7, 11) is 1.62. The largest absolute Gasteiger partial charge is 0.497 e. The van der Waals surface area contributed by atoms with Gasteiger partial charge >= 0.3 is 0 Å². The predicted molar refractivity (Wildman–Crippen MR) is 91.6 cm³/mol. The van der Waals surface area contributed by atoms with Crippen molar-refractivity contribution in [3.63, 3.8) is 0 Å². The number of carbonyl (C=O) groups excluding carboxylic acids is 1. The molecule has 5 nitrogen and oxygen atoms in total. The number of amides is 1. The van der Waals surface area contributed by atoms with Crippen molar-refractivity contribution in [3.8, 4) is 5.75 Å². The maximum atomic E-state index is 11.8. The molecule has 0 aliphatic heterocycles. The summed E-state index contributed by atoms with van der Waals surface area (Å²) < 4.78 is 5.94. The Bertz CT molecular complexity index is 651. The minimum atomic E-state index is -0.229. The summed E-state index contributed by atoms with van der Waals surface area (Å²) >= 11 is 3.00. The fourth-order valence-corrected chi connectivity index (χ4v) is 3.52. The predicted octanol–water partition coefficient (Wildman–Crippen LogP) is 3.70. The SMILES string of the molecule is COc1ccc(/C=C/C(=O)Nc2nnc(SC(C)C)s2)cc1. The van der Waals surface area contributed by atoms with E-state index in [1.807, 2.05) is 24.3 Å². The van der Waals surface area contributed by atoms with E-state index in [-0.39, 0.29) is 5.91 Å². The molecular weight excluding hydrogens is 318 g/mol. The molecule has 0 aliphatic rings. The number of benzene rings is 1. The Morgan fingerprint density at radius 3 is 2.68 bits per heavy atom. The molecule has 7 heteroatoms. The number of nitrogens with zero attached hydrogens (tertiary/aromatic N) is 2. The van der Waals surface area contributed by atoms with E-state index >= 15 is 0 Å². The molecule has 0 atom stereocenters. The summed E-state index contributed by atoms with van der Waals surface area (Å²) in [6.45, 7) is 4.17. The quantitative estimate of drug-likeness (QED) is 0.495. The van der Waals surface area contributed by atoms with Gasteiger partial charge in [0.05, 0.1) is 7.11 Å². The number of hydrogen-bond acceptors (Lipinski definition) is 6. The number of methoxy groups -OCH3 is 1. The van der Waals surface area contributed by atoms with Crippen LogP contribution in [0.2, 0.25) is 0 Å². The van der Waals surface area contributed by atoms with E-state index in [2.05, 4.69) is 29.4 Å². The number of rotatable bonds is 6. The van der Waals surface area contributed by atoms with Crippen LogP contribution in [-0.2, 0) is 4.79 Å². The summed E-state index contributed by atoms with van der Waals surface area (Å²) in [6, 6.07) is 7.45. The first-order valence-corrected chi connectivity index (χ1v) is 8.39. The third-order valence-corrected chi connectivity index (χ3v) is 4.44. The van der Waals surface area contributed by atoms with Crippen LogP contribution in [0.4, 0.5) is 5.13 Å². The van der Waals surface area contributed by atoms with Gasteiger partial charge in [0, 0.05) is 11.3 Å². The van der Waals surface area contributed by atoms with Gasteiger partial charge in [-0.3, -0.25) is 10.1 Å². The summed E-state index contributed by atoms with van der Waals surface area (Å²) in [5.41, 5.74) is 0.921. The third-order valence-electron chi connectivity index (χ3n) is 2.52. The molecule has 2 rings (SSSR count). The Balaban J connectivity index is 1.91. The lowest BCUT2D eigenvalue weighted by Gasteiger charge is -1.99. The fraction of sp³-hybridized carbons (Fsp3) is 0.267. The van der Waals surface area contributed by atoms with Gasteiger partial charge in [0.25, 0.3) is 0 Å². The maximum Gasteiger partial charge on any atom is 0.250 e. The monoisotopic (exact) mass is 335 g/mol. The van der Waals surface area contributed by atoms with Gasteiger partial charge in [0.15, 0.2) is 4.34 Å². The molecule has 0 bridgehead atoms. The lowest BCUT2D eigenvalue weighted by Crippen LogP contribution is -2.07. The average molecular weight is 335 g/mol. The van der Waals surface area contributed by atoms with Gasteiger partial charge in [0.1, 0.15) is 5.75 Å². The molecule has 0 saturated heterocycles. The van der Waals surface area contributed by atoms with E-state index in [1.165, 1.54) is 17.4 Å². The first-order chi connectivity index (χ1) is 10.6. The molecule has 1 N–H and O–H groups in total. The van der Waals surface area contributed by atoms with Crippen molar-refractivity contribution < 1.29 is 9.53 Å². The highest BCUT2D eigenvalue weighted by atomic mass is 32.2. The summed E-state index contributed by atoms with van der Waals surface area (Å²) in [5.74, 6) is 0.554. The molecule has 22 heavy (non-hydrogen) atoms. The third kappa shape index (κ3) is 5.16. The second kappa shape index (κ2) is 7.95. The minimum absolute atomic E-state index is 0.229. The standard InChI is InChI=1S/C15H17N3O2S2/c1-10(2)21-15-18-17-14(22-15)16-13(19)9-6-11-4-7-12(20-3)8-5-11/h4-10H,1-3H3,(H,16,17,19)/b9-6+. The molecule has 0 unspecified atom stereocenters. The number of nitrogens with one attached hydrogen (secondary N) is 1. The highest BCUT2D eigenvalue weighted by Gasteiger charge is 2.08. The topological polar surface area (TPSA) is 64.1 Å². The maximum absolute atomic E-state index is 11.8. The van der Waals surface area contributed by atoms with Crippen LogP contribution in [0, 0.1) is 0 Å². The van der Waals surface area contributed by atoms with E-state index in [4.69, 9.17) is 4.74 Å². The highest BCUT2D eigenvalue weighted by molar-refractivity contribution is 8.01. The summed E-state index contributed by atoms with van der Waals surface area (Å²) in [4.78, 5) is 11.8. The van der Waals surface area contributed by atoms with Crippen molar-refractivity contribution in [2.45, 2.75) is 23.4 Å². The zero-order chi connectivity index (χ0) is 15.9. The van der Waals surface area contributed by atoms with Crippen LogP contribution in [0.5, 0.6) is 5.75 Å². The van der Waals surface area contributed by atoms with Crippen molar-refractivity contribution in [2.24, 2.45) is 0 Å². The smallest absolute Gasteiger partial charge is 0.250 e. The van der Waals surface area contributed by atoms with E-state index < -0.39 is 0 Å². The van der Waals surface area contributed by atoms with Crippen molar-refractivity contribution in [1.82, 2.24) is 10.2 Å². The molecule has 0 fully saturated rings. The number of ether oxygens (including phenoxy) is 1. The van der Waals surface area contributed by atoms with Crippen molar-refractivity contribution in [3.05, 3.63) is 35.9 Å². The van der Waals surface area contributed by atoms with E-state index in [0.717, 1.165) is 15.7 Å². The number of carbonyl (C=O) groups is 1. The van der Waals surface area contributed by atoms with Crippen LogP contribution in [0.3, 0.4) is 0 Å². The Kier molecular flexibility index (Phi) is 5.97. The number of anilines is 1. The van der Waals surface area contributed by atoms with E-state index in [9.17, 15) is 4.79 Å². The molecule has 0 spiro atoms. The van der Waals surface area contributed by atoms with E-state index in [1.54, 1.807) is 24.9 Å². The minimum Gasteiger partial charge on any atom is -0.497 e. The number of hydrogen-bond donors (Lipinski definition) is 1. The first-order valence-electron chi connectivity index (χ1n) is 6.70. The number of aromatic nitrogens is 2. The van der Waals surface area contributed by atoms with Gasteiger partial charge in [-0.1, -0.05) is 49.1 Å². The fourth-order valence-electron chi connectivity index (χ4n) is 1.54. The zero-order valence-electron chi connectivity index (χ0n) is 12.6. The van der Waals surface area contributed by atoms with Gasteiger partial charge in [0.2, 0.25) is 11.0 Å². The van der Waals surface area contributed by atoms with Crippen LogP contribution in [-0.4, -0.2) is 28.5 Å². The molecule has 1 aromatic carbocycles. The van der Waals surface area contributed by atoms with Crippen LogP contribution >= 0.6 is 23.1 Å². The zero-order valence-corrected chi connectivity index (χ0v) is 14.2. The number of thioether (sulfide) groups is 1. The van der Waals surface area contributed by atoms with Crippen LogP contribution in [0.25, 0.3) is 6.08 Å². The molecule has 2 aromatic rings. The Morgan fingerprint density at radius 2 is 2.05 bits per heavy atom. The molecule has 0 radical (unpaired) electrons. The van der Waals surface area contributed by atoms with E-state index in [0.29, 0.717) is 10.4 Å². The lowest BCUT2D eigenvalue weighted by molar-refractivity contribution is -0.111. The second-order valence-corrected chi connectivity index (χ2v) is 7.44. The van der Waals surface area contributed by atoms with Crippen LogP contribution < -0.4 is 10.1 Å². The molecule has 1 amide bonds. The van der Waals surface area contributed by atoms with Crippen LogP contribution in [0.15, 0.2) is 34.7 Å². The molecule has 116 valence electrons. The molecule has 1 aromatic heterocycles. The van der Waals surface area contributed by atoms with Crippen molar-refractivity contribution >= 4 is 40.2 Å².